The second kappa shape index (κ2) is 3.36. The standard InChI is InChI=1S/C9H14N2O2/c1-13-10-5-8(12)11-9-6-3-2-4-7(6)9/h5-7,9H,2-4H2,1H3,(H,11,12)/b10-5+. The number of nitrogens with zero attached hydrogens (tertiary/aromatic N) is 1. The molecule has 2 fully saturated rings. The molecule has 1 amide bonds. The Kier molecular flexibility index (Phi) is 2.20. The SMILES string of the molecule is CO/N=C/C(=O)NC1C2CCCC21. The van der Waals surface area contributed by atoms with Crippen molar-refractivity contribution in [1.82, 2.24) is 5.32 Å². The van der Waals surface area contributed by atoms with Crippen LogP contribution in [0.15, 0.2) is 5.16 Å². The Labute approximate surface area is 77.3 Å². The van der Waals surface area contributed by atoms with Crippen LogP contribution in [0.1, 0.15) is 19.3 Å². The van der Waals surface area contributed by atoms with Gasteiger partial charge in [-0.05, 0) is 24.7 Å². The summed E-state index contributed by atoms with van der Waals surface area (Å²) in [7, 11) is 1.43. The Morgan fingerprint density at radius 3 is 2.85 bits per heavy atom. The summed E-state index contributed by atoms with van der Waals surface area (Å²) in [6.07, 6.45) is 5.07. The van der Waals surface area contributed by atoms with E-state index in [1.165, 1.54) is 32.6 Å². The first kappa shape index (κ1) is 8.53. The number of nitrogens with one attached hydrogen (secondary N) is 1. The maximum absolute atomic E-state index is 11.1. The predicted octanol–water partition coefficient (Wildman–Crippen LogP) is 0.533. The molecule has 2 aliphatic carbocycles. The molecule has 2 unspecified atom stereocenters. The summed E-state index contributed by atoms with van der Waals surface area (Å²) in [4.78, 5) is 15.6. The number of amides is 1. The van der Waals surface area contributed by atoms with Crippen LogP contribution in [0.4, 0.5) is 0 Å². The second-order valence-corrected chi connectivity index (χ2v) is 3.71. The lowest BCUT2D eigenvalue weighted by Gasteiger charge is -2.02. The lowest BCUT2D eigenvalue weighted by molar-refractivity contribution is -0.114. The zero-order valence-corrected chi connectivity index (χ0v) is 7.69. The minimum absolute atomic E-state index is 0.138. The lowest BCUT2D eigenvalue weighted by Crippen LogP contribution is -2.29. The molecular weight excluding hydrogens is 168 g/mol. The number of hydrogen-bond acceptors (Lipinski definition) is 3. The minimum Gasteiger partial charge on any atom is -0.399 e. The minimum atomic E-state index is -0.138. The molecular formula is C9H14N2O2. The van der Waals surface area contributed by atoms with Gasteiger partial charge < -0.3 is 10.2 Å². The van der Waals surface area contributed by atoms with Gasteiger partial charge in [-0.25, -0.2) is 0 Å². The molecule has 0 aromatic carbocycles. The molecule has 13 heavy (non-hydrogen) atoms. The van der Waals surface area contributed by atoms with Crippen molar-refractivity contribution >= 4 is 12.1 Å². The number of carbonyl (C=O) groups is 1. The lowest BCUT2D eigenvalue weighted by atomic mass is 10.2. The molecule has 4 nitrogen and oxygen atoms in total. The molecule has 1 N–H and O–H groups in total. The zero-order chi connectivity index (χ0) is 9.26. The van der Waals surface area contributed by atoms with Crippen molar-refractivity contribution in [2.45, 2.75) is 25.3 Å². The third-order valence-corrected chi connectivity index (χ3v) is 2.99. The van der Waals surface area contributed by atoms with Gasteiger partial charge in [0.05, 0.1) is 0 Å². The number of carbonyl (C=O) groups excluding carboxylic acids is 1. The van der Waals surface area contributed by atoms with Crippen molar-refractivity contribution in [3.8, 4) is 0 Å². The molecule has 0 saturated heterocycles. The number of hydrogen-bond donors (Lipinski definition) is 1. The first-order chi connectivity index (χ1) is 6.33. The summed E-state index contributed by atoms with van der Waals surface area (Å²) in [5, 5.41) is 6.33. The van der Waals surface area contributed by atoms with Crippen molar-refractivity contribution in [1.29, 1.82) is 0 Å². The van der Waals surface area contributed by atoms with Gasteiger partial charge in [-0.1, -0.05) is 11.6 Å². The van der Waals surface area contributed by atoms with Crippen molar-refractivity contribution in [2.75, 3.05) is 7.11 Å². The van der Waals surface area contributed by atoms with Gasteiger partial charge in [0.1, 0.15) is 13.3 Å². The third kappa shape index (κ3) is 1.66. The number of rotatable bonds is 3. The van der Waals surface area contributed by atoms with Gasteiger partial charge in [-0.2, -0.15) is 0 Å². The maximum atomic E-state index is 11.1. The van der Waals surface area contributed by atoms with Gasteiger partial charge >= 0.3 is 0 Å². The normalized spacial score (nSPS) is 35.9. The smallest absolute Gasteiger partial charge is 0.266 e. The summed E-state index contributed by atoms with van der Waals surface area (Å²) in [6.45, 7) is 0. The largest absolute Gasteiger partial charge is 0.399 e. The zero-order valence-electron chi connectivity index (χ0n) is 7.69. The van der Waals surface area contributed by atoms with Gasteiger partial charge in [0, 0.05) is 6.04 Å². The van der Waals surface area contributed by atoms with Gasteiger partial charge in [0.15, 0.2) is 0 Å². The van der Waals surface area contributed by atoms with Crippen LogP contribution < -0.4 is 5.32 Å². The predicted molar refractivity (Wildman–Crippen MR) is 48.3 cm³/mol. The third-order valence-electron chi connectivity index (χ3n) is 2.99. The first-order valence-corrected chi connectivity index (χ1v) is 4.70. The van der Waals surface area contributed by atoms with E-state index in [1.807, 2.05) is 0 Å². The maximum Gasteiger partial charge on any atom is 0.266 e. The van der Waals surface area contributed by atoms with Crippen molar-refractivity contribution in [2.24, 2.45) is 17.0 Å². The van der Waals surface area contributed by atoms with Gasteiger partial charge in [0.2, 0.25) is 0 Å². The molecule has 2 atom stereocenters. The second-order valence-electron chi connectivity index (χ2n) is 3.71. The molecule has 0 aromatic rings. The summed E-state index contributed by atoms with van der Waals surface area (Å²) in [5.41, 5.74) is 0. The molecule has 4 heteroatoms. The van der Waals surface area contributed by atoms with E-state index in [4.69, 9.17) is 0 Å². The summed E-state index contributed by atoms with van der Waals surface area (Å²) < 4.78 is 0. The fraction of sp³-hybridized carbons (Fsp3) is 0.778. The Bertz CT molecular complexity index is 230. The Hall–Kier alpha value is -1.06. The Balaban J connectivity index is 1.74. The van der Waals surface area contributed by atoms with E-state index in [1.54, 1.807) is 0 Å². The fourth-order valence-electron chi connectivity index (χ4n) is 2.34. The van der Waals surface area contributed by atoms with Crippen LogP contribution in [-0.2, 0) is 9.63 Å². The van der Waals surface area contributed by atoms with Crippen molar-refractivity contribution in [3.05, 3.63) is 0 Å². The molecule has 2 saturated carbocycles. The molecule has 0 aliphatic heterocycles. The number of fused-ring (bicyclic) bond motifs is 1. The molecule has 0 radical (unpaired) electrons. The Morgan fingerprint density at radius 1 is 1.54 bits per heavy atom. The highest BCUT2D eigenvalue weighted by Gasteiger charge is 2.53. The number of oxime groups is 1. The highest BCUT2D eigenvalue weighted by Crippen LogP contribution is 2.51. The van der Waals surface area contributed by atoms with Crippen LogP contribution in [0, 0.1) is 11.8 Å². The monoisotopic (exact) mass is 182 g/mol. The molecule has 2 aliphatic rings. The fourth-order valence-corrected chi connectivity index (χ4v) is 2.34. The van der Waals surface area contributed by atoms with Gasteiger partial charge in [-0.3, -0.25) is 4.79 Å². The summed E-state index contributed by atoms with van der Waals surface area (Å²) >= 11 is 0. The average Bonchev–Trinajstić information content (AvgIpc) is 2.63. The Morgan fingerprint density at radius 2 is 2.23 bits per heavy atom. The van der Waals surface area contributed by atoms with Gasteiger partial charge in [0.25, 0.3) is 5.91 Å². The molecule has 2 rings (SSSR count). The van der Waals surface area contributed by atoms with Crippen LogP contribution in [0.25, 0.3) is 0 Å². The van der Waals surface area contributed by atoms with E-state index in [-0.39, 0.29) is 5.91 Å². The van der Waals surface area contributed by atoms with Crippen LogP contribution in [0.5, 0.6) is 0 Å². The topological polar surface area (TPSA) is 50.7 Å². The van der Waals surface area contributed by atoms with Crippen molar-refractivity contribution in [3.63, 3.8) is 0 Å². The van der Waals surface area contributed by atoms with E-state index in [9.17, 15) is 4.79 Å². The van der Waals surface area contributed by atoms with E-state index in [2.05, 4.69) is 15.3 Å². The molecule has 0 spiro atoms. The summed E-state index contributed by atoms with van der Waals surface area (Å²) in [6, 6.07) is 0.421. The molecule has 72 valence electrons. The first-order valence-electron chi connectivity index (χ1n) is 4.70. The van der Waals surface area contributed by atoms with E-state index >= 15 is 0 Å². The van der Waals surface area contributed by atoms with Crippen molar-refractivity contribution < 1.29 is 9.63 Å². The average molecular weight is 182 g/mol. The van der Waals surface area contributed by atoms with Crippen LogP contribution >= 0.6 is 0 Å². The molecule has 0 aromatic heterocycles. The van der Waals surface area contributed by atoms with E-state index < -0.39 is 0 Å². The highest BCUT2D eigenvalue weighted by atomic mass is 16.6. The van der Waals surface area contributed by atoms with Crippen LogP contribution in [0.2, 0.25) is 0 Å². The van der Waals surface area contributed by atoms with Gasteiger partial charge in [-0.15, -0.1) is 0 Å². The van der Waals surface area contributed by atoms with Crippen LogP contribution in [-0.4, -0.2) is 25.3 Å². The summed E-state index contributed by atoms with van der Waals surface area (Å²) in [5.74, 6) is 1.36. The molecule has 0 heterocycles. The quantitative estimate of drug-likeness (QED) is 0.511. The highest BCUT2D eigenvalue weighted by molar-refractivity contribution is 6.26. The van der Waals surface area contributed by atoms with E-state index in [0.29, 0.717) is 6.04 Å². The molecule has 0 bridgehead atoms. The van der Waals surface area contributed by atoms with E-state index in [0.717, 1.165) is 11.8 Å². The van der Waals surface area contributed by atoms with Crippen LogP contribution in [0.3, 0.4) is 0 Å².